The maximum absolute atomic E-state index is 6.47. The number of halogens is 2. The van der Waals surface area contributed by atoms with Gasteiger partial charge in [-0.05, 0) is 49.2 Å². The second kappa shape index (κ2) is 4.79. The first-order valence-corrected chi connectivity index (χ1v) is 6.67. The van der Waals surface area contributed by atoms with Gasteiger partial charge < -0.3 is 0 Å². The molecule has 0 saturated heterocycles. The molecule has 84 valence electrons. The maximum atomic E-state index is 6.47. The van der Waals surface area contributed by atoms with Gasteiger partial charge in [0, 0.05) is 14.8 Å². The third kappa shape index (κ3) is 2.42. The summed E-state index contributed by atoms with van der Waals surface area (Å²) in [5, 5.41) is 0.684. The minimum Gasteiger partial charge on any atom is -0.144 e. The summed E-state index contributed by atoms with van der Waals surface area (Å²) in [7, 11) is 0. The van der Waals surface area contributed by atoms with Crippen LogP contribution in [0.2, 0.25) is 5.02 Å². The Balaban J connectivity index is 2.37. The van der Waals surface area contributed by atoms with E-state index in [0.717, 1.165) is 16.1 Å². The minimum absolute atomic E-state index is 0.0732. The summed E-state index contributed by atoms with van der Waals surface area (Å²) >= 11 is 14.1. The zero-order valence-corrected chi connectivity index (χ0v) is 11.5. The zero-order valence-electron chi connectivity index (χ0n) is 9.13. The molecule has 0 aliphatic heterocycles. The molecule has 3 heteroatoms. The van der Waals surface area contributed by atoms with Crippen molar-refractivity contribution in [2.75, 3.05) is 0 Å². The molecule has 0 spiro atoms. The lowest BCUT2D eigenvalue weighted by molar-refractivity contribution is 1.15. The van der Waals surface area contributed by atoms with Crippen molar-refractivity contribution in [3.63, 3.8) is 0 Å². The van der Waals surface area contributed by atoms with Crippen LogP contribution in [0, 0.1) is 13.8 Å². The van der Waals surface area contributed by atoms with Gasteiger partial charge >= 0.3 is 0 Å². The van der Waals surface area contributed by atoms with E-state index < -0.39 is 0 Å². The Morgan fingerprint density at radius 1 is 1.12 bits per heavy atom. The smallest absolute Gasteiger partial charge is 0.0930 e. The van der Waals surface area contributed by atoms with Crippen LogP contribution in [0.5, 0.6) is 0 Å². The molecular weight excluding hydrogens is 259 g/mol. The van der Waals surface area contributed by atoms with E-state index in [9.17, 15) is 0 Å². The molecule has 0 aliphatic rings. The van der Waals surface area contributed by atoms with Crippen LogP contribution >= 0.6 is 34.5 Å². The SMILES string of the molecule is Cc1ccc(C(Cl)c2ccc(Cl)cc2C)s1. The Morgan fingerprint density at radius 2 is 1.88 bits per heavy atom. The third-order valence-corrected chi connectivity index (χ3v) is 4.42. The van der Waals surface area contributed by atoms with Crippen molar-refractivity contribution in [1.82, 2.24) is 0 Å². The van der Waals surface area contributed by atoms with Gasteiger partial charge in [0.1, 0.15) is 0 Å². The van der Waals surface area contributed by atoms with Crippen LogP contribution in [0.15, 0.2) is 30.3 Å². The Labute approximate surface area is 110 Å². The van der Waals surface area contributed by atoms with Crippen molar-refractivity contribution in [2.24, 2.45) is 0 Å². The molecule has 1 aromatic carbocycles. The normalized spacial score (nSPS) is 12.8. The van der Waals surface area contributed by atoms with E-state index in [1.165, 1.54) is 9.75 Å². The van der Waals surface area contributed by atoms with Gasteiger partial charge in [-0.25, -0.2) is 0 Å². The monoisotopic (exact) mass is 270 g/mol. The van der Waals surface area contributed by atoms with Gasteiger partial charge in [-0.1, -0.05) is 17.7 Å². The number of aryl methyl sites for hydroxylation is 2. The summed E-state index contributed by atoms with van der Waals surface area (Å²) in [6, 6.07) is 10.0. The fourth-order valence-corrected chi connectivity index (χ4v) is 3.22. The lowest BCUT2D eigenvalue weighted by Gasteiger charge is -2.11. The van der Waals surface area contributed by atoms with E-state index in [4.69, 9.17) is 23.2 Å². The third-order valence-electron chi connectivity index (χ3n) is 2.52. The molecule has 2 rings (SSSR count). The second-order valence-electron chi connectivity index (χ2n) is 3.81. The van der Waals surface area contributed by atoms with Gasteiger partial charge in [-0.15, -0.1) is 22.9 Å². The largest absolute Gasteiger partial charge is 0.144 e. The standard InChI is InChI=1S/C13H12Cl2S/c1-8-7-10(14)4-5-11(8)13(15)12-6-3-9(2)16-12/h3-7,13H,1-2H3. The van der Waals surface area contributed by atoms with E-state index in [0.29, 0.717) is 0 Å². The highest BCUT2D eigenvalue weighted by atomic mass is 35.5. The molecular formula is C13H12Cl2S. The first kappa shape index (κ1) is 12.0. The topological polar surface area (TPSA) is 0 Å². The van der Waals surface area contributed by atoms with Crippen molar-refractivity contribution < 1.29 is 0 Å². The molecule has 0 nitrogen and oxygen atoms in total. The van der Waals surface area contributed by atoms with Crippen molar-refractivity contribution in [3.8, 4) is 0 Å². The molecule has 0 amide bonds. The van der Waals surface area contributed by atoms with Gasteiger partial charge in [0.25, 0.3) is 0 Å². The highest BCUT2D eigenvalue weighted by Crippen LogP contribution is 2.35. The van der Waals surface area contributed by atoms with Crippen LogP contribution in [0.1, 0.15) is 26.3 Å². The highest BCUT2D eigenvalue weighted by Gasteiger charge is 2.14. The maximum Gasteiger partial charge on any atom is 0.0930 e. The predicted octanol–water partition coefficient (Wildman–Crippen LogP) is 5.35. The Bertz CT molecular complexity index is 502. The van der Waals surface area contributed by atoms with Crippen molar-refractivity contribution in [3.05, 3.63) is 56.2 Å². The molecule has 0 radical (unpaired) electrons. The van der Waals surface area contributed by atoms with Crippen molar-refractivity contribution >= 4 is 34.5 Å². The van der Waals surface area contributed by atoms with E-state index >= 15 is 0 Å². The van der Waals surface area contributed by atoms with Crippen LogP contribution in [-0.2, 0) is 0 Å². The number of hydrogen-bond acceptors (Lipinski definition) is 1. The number of hydrogen-bond donors (Lipinski definition) is 0. The summed E-state index contributed by atoms with van der Waals surface area (Å²) in [5.41, 5.74) is 2.27. The van der Waals surface area contributed by atoms with Crippen LogP contribution in [0.25, 0.3) is 0 Å². The molecule has 0 bridgehead atoms. The second-order valence-corrected chi connectivity index (χ2v) is 6.00. The van der Waals surface area contributed by atoms with Crippen LogP contribution in [-0.4, -0.2) is 0 Å². The zero-order chi connectivity index (χ0) is 11.7. The minimum atomic E-state index is -0.0732. The molecule has 0 saturated carbocycles. The molecule has 0 aliphatic carbocycles. The van der Waals surface area contributed by atoms with Gasteiger partial charge in [-0.2, -0.15) is 0 Å². The average Bonchev–Trinajstić information content (AvgIpc) is 2.64. The summed E-state index contributed by atoms with van der Waals surface area (Å²) in [4.78, 5) is 2.47. The number of thiophene rings is 1. The number of benzene rings is 1. The van der Waals surface area contributed by atoms with E-state index in [-0.39, 0.29) is 5.38 Å². The van der Waals surface area contributed by atoms with E-state index in [1.807, 2.05) is 25.1 Å². The quantitative estimate of drug-likeness (QED) is 0.646. The first-order valence-electron chi connectivity index (χ1n) is 5.04. The Morgan fingerprint density at radius 3 is 2.44 bits per heavy atom. The first-order chi connectivity index (χ1) is 7.58. The molecule has 1 heterocycles. The van der Waals surface area contributed by atoms with Crippen molar-refractivity contribution in [2.45, 2.75) is 19.2 Å². The molecule has 1 unspecified atom stereocenters. The van der Waals surface area contributed by atoms with Crippen LogP contribution in [0.3, 0.4) is 0 Å². The average molecular weight is 271 g/mol. The number of rotatable bonds is 2. The Hall–Kier alpha value is -0.500. The fourth-order valence-electron chi connectivity index (χ4n) is 1.67. The highest BCUT2D eigenvalue weighted by molar-refractivity contribution is 7.12. The van der Waals surface area contributed by atoms with Gasteiger partial charge in [0.2, 0.25) is 0 Å². The lowest BCUT2D eigenvalue weighted by atomic mass is 10.0. The number of alkyl halides is 1. The van der Waals surface area contributed by atoms with Crippen LogP contribution < -0.4 is 0 Å². The Kier molecular flexibility index (Phi) is 3.58. The lowest BCUT2D eigenvalue weighted by Crippen LogP contribution is -1.93. The van der Waals surface area contributed by atoms with Crippen molar-refractivity contribution in [1.29, 1.82) is 0 Å². The molecule has 0 N–H and O–H groups in total. The van der Waals surface area contributed by atoms with Gasteiger partial charge in [0.05, 0.1) is 5.38 Å². The molecule has 2 aromatic rings. The van der Waals surface area contributed by atoms with Gasteiger partial charge in [0.15, 0.2) is 0 Å². The van der Waals surface area contributed by atoms with E-state index in [1.54, 1.807) is 11.3 Å². The molecule has 16 heavy (non-hydrogen) atoms. The molecule has 1 aromatic heterocycles. The van der Waals surface area contributed by atoms with Gasteiger partial charge in [-0.3, -0.25) is 0 Å². The fraction of sp³-hybridized carbons (Fsp3) is 0.231. The summed E-state index contributed by atoms with van der Waals surface area (Å²) in [5.74, 6) is 0. The molecule has 1 atom stereocenters. The predicted molar refractivity (Wildman–Crippen MR) is 72.9 cm³/mol. The molecule has 0 fully saturated rings. The summed E-state index contributed by atoms with van der Waals surface area (Å²) in [6.07, 6.45) is 0. The van der Waals surface area contributed by atoms with E-state index in [2.05, 4.69) is 19.1 Å². The summed E-state index contributed by atoms with van der Waals surface area (Å²) < 4.78 is 0. The summed E-state index contributed by atoms with van der Waals surface area (Å²) in [6.45, 7) is 4.13. The van der Waals surface area contributed by atoms with Crippen LogP contribution in [0.4, 0.5) is 0 Å².